The predicted octanol–water partition coefficient (Wildman–Crippen LogP) is 2.97. The van der Waals surface area contributed by atoms with Crippen LogP contribution in [-0.2, 0) is 0 Å². The minimum atomic E-state index is -0.269. The van der Waals surface area contributed by atoms with E-state index >= 15 is 0 Å². The zero-order chi connectivity index (χ0) is 13.2. The number of pyridine rings is 1. The Labute approximate surface area is 117 Å². The fourth-order valence-electron chi connectivity index (χ4n) is 1.81. The summed E-state index contributed by atoms with van der Waals surface area (Å²) >= 11 is 3.31. The summed E-state index contributed by atoms with van der Waals surface area (Å²) in [4.78, 5) is 16.2. The summed E-state index contributed by atoms with van der Waals surface area (Å²) < 4.78 is 0.657. The van der Waals surface area contributed by atoms with E-state index in [0.717, 1.165) is 10.9 Å². The molecule has 3 aromatic rings. The number of rotatable bonds is 2. The molecule has 2 aromatic heterocycles. The predicted molar refractivity (Wildman–Crippen MR) is 76.0 cm³/mol. The van der Waals surface area contributed by atoms with Crippen LogP contribution in [0, 0.1) is 0 Å². The Hall–Kier alpha value is -2.21. The van der Waals surface area contributed by atoms with Gasteiger partial charge in [-0.05, 0) is 34.1 Å². The van der Waals surface area contributed by atoms with Crippen LogP contribution in [0.1, 0.15) is 10.5 Å². The molecule has 19 heavy (non-hydrogen) atoms. The molecule has 0 aliphatic heterocycles. The molecule has 6 heteroatoms. The van der Waals surface area contributed by atoms with Crippen molar-refractivity contribution in [3.05, 3.63) is 52.9 Å². The molecule has 0 aliphatic rings. The number of H-pyrrole nitrogens is 1. The molecular formula is C13H9BrN4O. The standard InChI is InChI=1S/C13H9BrN4O/c14-9-4-2-6-15-12(9)13(19)17-10-5-1-3-8-7-16-18-11(8)10/h1-7H,(H,16,18)(H,17,19). The van der Waals surface area contributed by atoms with Crippen molar-refractivity contribution in [2.45, 2.75) is 0 Å². The normalized spacial score (nSPS) is 10.6. The number of nitrogens with zero attached hydrogens (tertiary/aromatic N) is 2. The second-order valence-corrected chi connectivity index (χ2v) is 4.78. The van der Waals surface area contributed by atoms with Crippen LogP contribution in [0.15, 0.2) is 47.2 Å². The Morgan fingerprint density at radius 2 is 2.16 bits per heavy atom. The lowest BCUT2D eigenvalue weighted by Crippen LogP contribution is -2.14. The first-order valence-corrected chi connectivity index (χ1v) is 6.39. The first-order valence-electron chi connectivity index (χ1n) is 5.59. The molecule has 0 spiro atoms. The van der Waals surface area contributed by atoms with Gasteiger partial charge in [0, 0.05) is 16.1 Å². The van der Waals surface area contributed by atoms with Crippen molar-refractivity contribution in [3.63, 3.8) is 0 Å². The van der Waals surface area contributed by atoms with Crippen molar-refractivity contribution >= 4 is 38.4 Å². The molecular weight excluding hydrogens is 308 g/mol. The lowest BCUT2D eigenvalue weighted by atomic mass is 10.2. The van der Waals surface area contributed by atoms with Crippen molar-refractivity contribution in [2.24, 2.45) is 0 Å². The third-order valence-corrected chi connectivity index (χ3v) is 3.34. The summed E-state index contributed by atoms with van der Waals surface area (Å²) in [6.07, 6.45) is 3.29. The van der Waals surface area contributed by atoms with Crippen LogP contribution in [0.2, 0.25) is 0 Å². The summed E-state index contributed by atoms with van der Waals surface area (Å²) in [5.74, 6) is -0.269. The van der Waals surface area contributed by atoms with Gasteiger partial charge in [-0.25, -0.2) is 4.98 Å². The molecule has 1 aromatic carbocycles. The zero-order valence-electron chi connectivity index (χ0n) is 9.72. The fraction of sp³-hybridized carbons (Fsp3) is 0. The number of aromatic amines is 1. The molecule has 1 amide bonds. The van der Waals surface area contributed by atoms with Gasteiger partial charge in [-0.15, -0.1) is 0 Å². The zero-order valence-corrected chi connectivity index (χ0v) is 11.3. The molecule has 0 radical (unpaired) electrons. The lowest BCUT2D eigenvalue weighted by molar-refractivity contribution is 0.102. The number of para-hydroxylation sites is 1. The van der Waals surface area contributed by atoms with E-state index in [0.29, 0.717) is 15.9 Å². The summed E-state index contributed by atoms with van der Waals surface area (Å²) in [5.41, 5.74) is 1.82. The van der Waals surface area contributed by atoms with E-state index in [1.165, 1.54) is 0 Å². The van der Waals surface area contributed by atoms with Gasteiger partial charge in [0.1, 0.15) is 5.69 Å². The Kier molecular flexibility index (Phi) is 3.00. The molecule has 5 nitrogen and oxygen atoms in total. The minimum absolute atomic E-state index is 0.269. The fourth-order valence-corrected chi connectivity index (χ4v) is 2.24. The van der Waals surface area contributed by atoms with Gasteiger partial charge in [-0.1, -0.05) is 12.1 Å². The molecule has 0 atom stereocenters. The molecule has 0 aliphatic carbocycles. The summed E-state index contributed by atoms with van der Waals surface area (Å²) in [7, 11) is 0. The van der Waals surface area contributed by atoms with E-state index < -0.39 is 0 Å². The van der Waals surface area contributed by atoms with E-state index in [-0.39, 0.29) is 5.91 Å². The Morgan fingerprint density at radius 3 is 3.00 bits per heavy atom. The van der Waals surface area contributed by atoms with Crippen molar-refractivity contribution in [1.82, 2.24) is 15.2 Å². The SMILES string of the molecule is O=C(Nc1cccc2cn[nH]c12)c1ncccc1Br. The van der Waals surface area contributed by atoms with Crippen LogP contribution in [0.3, 0.4) is 0 Å². The molecule has 0 unspecified atom stereocenters. The number of aromatic nitrogens is 3. The average Bonchev–Trinajstić information content (AvgIpc) is 2.88. The van der Waals surface area contributed by atoms with Crippen molar-refractivity contribution in [2.75, 3.05) is 5.32 Å². The summed E-state index contributed by atoms with van der Waals surface area (Å²) in [6, 6.07) is 9.14. The third-order valence-electron chi connectivity index (χ3n) is 2.70. The second-order valence-electron chi connectivity index (χ2n) is 3.93. The topological polar surface area (TPSA) is 70.7 Å². The first-order chi connectivity index (χ1) is 9.25. The number of hydrogen-bond acceptors (Lipinski definition) is 3. The average molecular weight is 317 g/mol. The number of nitrogens with one attached hydrogen (secondary N) is 2. The van der Waals surface area contributed by atoms with E-state index in [1.807, 2.05) is 18.2 Å². The van der Waals surface area contributed by atoms with Crippen molar-refractivity contribution in [1.29, 1.82) is 0 Å². The van der Waals surface area contributed by atoms with E-state index in [1.54, 1.807) is 24.5 Å². The van der Waals surface area contributed by atoms with E-state index in [2.05, 4.69) is 36.4 Å². The molecule has 3 rings (SSSR count). The number of benzene rings is 1. The highest BCUT2D eigenvalue weighted by molar-refractivity contribution is 9.10. The Balaban J connectivity index is 1.95. The van der Waals surface area contributed by atoms with Crippen molar-refractivity contribution in [3.8, 4) is 0 Å². The molecule has 0 saturated carbocycles. The van der Waals surface area contributed by atoms with Gasteiger partial charge in [-0.2, -0.15) is 5.10 Å². The number of fused-ring (bicyclic) bond motifs is 1. The van der Waals surface area contributed by atoms with Gasteiger partial charge < -0.3 is 5.32 Å². The smallest absolute Gasteiger partial charge is 0.275 e. The quantitative estimate of drug-likeness (QED) is 0.763. The number of halogens is 1. The van der Waals surface area contributed by atoms with Gasteiger partial charge in [-0.3, -0.25) is 9.89 Å². The molecule has 2 N–H and O–H groups in total. The summed E-state index contributed by atoms with van der Waals surface area (Å²) in [6.45, 7) is 0. The van der Waals surface area contributed by atoms with Crippen LogP contribution in [0.25, 0.3) is 10.9 Å². The Bertz CT molecular complexity index is 753. The number of amides is 1. The molecule has 0 bridgehead atoms. The van der Waals surface area contributed by atoms with Crippen LogP contribution >= 0.6 is 15.9 Å². The number of carbonyl (C=O) groups is 1. The van der Waals surface area contributed by atoms with Crippen LogP contribution in [-0.4, -0.2) is 21.1 Å². The largest absolute Gasteiger partial charge is 0.319 e. The minimum Gasteiger partial charge on any atom is -0.319 e. The summed E-state index contributed by atoms with van der Waals surface area (Å²) in [5, 5.41) is 10.6. The molecule has 2 heterocycles. The van der Waals surface area contributed by atoms with Crippen LogP contribution in [0.4, 0.5) is 5.69 Å². The lowest BCUT2D eigenvalue weighted by Gasteiger charge is -2.06. The van der Waals surface area contributed by atoms with E-state index in [4.69, 9.17) is 0 Å². The van der Waals surface area contributed by atoms with Crippen molar-refractivity contribution < 1.29 is 4.79 Å². The maximum Gasteiger partial charge on any atom is 0.275 e. The highest BCUT2D eigenvalue weighted by Crippen LogP contribution is 2.22. The van der Waals surface area contributed by atoms with Gasteiger partial charge in [0.2, 0.25) is 0 Å². The first kappa shape index (κ1) is 11.9. The Morgan fingerprint density at radius 1 is 1.26 bits per heavy atom. The molecule has 0 saturated heterocycles. The van der Waals surface area contributed by atoms with Gasteiger partial charge >= 0.3 is 0 Å². The second kappa shape index (κ2) is 4.81. The highest BCUT2D eigenvalue weighted by Gasteiger charge is 2.13. The number of carbonyl (C=O) groups excluding carboxylic acids is 1. The van der Waals surface area contributed by atoms with Gasteiger partial charge in [0.25, 0.3) is 5.91 Å². The number of anilines is 1. The molecule has 0 fully saturated rings. The molecule has 94 valence electrons. The third kappa shape index (κ3) is 2.22. The number of hydrogen-bond donors (Lipinski definition) is 2. The maximum atomic E-state index is 12.2. The van der Waals surface area contributed by atoms with Gasteiger partial charge in [0.05, 0.1) is 17.4 Å². The van der Waals surface area contributed by atoms with Crippen LogP contribution in [0.5, 0.6) is 0 Å². The highest BCUT2D eigenvalue weighted by atomic mass is 79.9. The monoisotopic (exact) mass is 316 g/mol. The van der Waals surface area contributed by atoms with Gasteiger partial charge in [0.15, 0.2) is 0 Å². The van der Waals surface area contributed by atoms with Crippen LogP contribution < -0.4 is 5.32 Å². The van der Waals surface area contributed by atoms with E-state index in [9.17, 15) is 4.79 Å². The maximum absolute atomic E-state index is 12.2.